The molecule has 26 heavy (non-hydrogen) atoms. The quantitative estimate of drug-likeness (QED) is 0.694. The Bertz CT molecular complexity index is 993. The van der Waals surface area contributed by atoms with Crippen molar-refractivity contribution < 1.29 is 8.42 Å². The van der Waals surface area contributed by atoms with Crippen LogP contribution in [0.25, 0.3) is 16.6 Å². The number of hydrogen-bond donors (Lipinski definition) is 1. The second kappa shape index (κ2) is 7.61. The second-order valence-electron chi connectivity index (χ2n) is 6.88. The van der Waals surface area contributed by atoms with E-state index in [1.54, 1.807) is 0 Å². The zero-order chi connectivity index (χ0) is 18.7. The SMILES string of the molecule is CN(C)CCc1cn(-c2ccccc2)c2ccc(CCS(N)(=O)=O)cc12. The number of primary sulfonamides is 1. The first-order valence-electron chi connectivity index (χ1n) is 8.67. The molecule has 0 bridgehead atoms. The maximum absolute atomic E-state index is 11.3. The minimum atomic E-state index is -3.46. The van der Waals surface area contributed by atoms with Crippen molar-refractivity contribution in [2.24, 2.45) is 5.14 Å². The molecule has 0 atom stereocenters. The summed E-state index contributed by atoms with van der Waals surface area (Å²) in [6.45, 7) is 0.954. The summed E-state index contributed by atoms with van der Waals surface area (Å²) in [7, 11) is 0.670. The van der Waals surface area contributed by atoms with Crippen LogP contribution in [0.5, 0.6) is 0 Å². The lowest BCUT2D eigenvalue weighted by Crippen LogP contribution is -2.17. The fourth-order valence-electron chi connectivity index (χ4n) is 3.11. The number of para-hydroxylation sites is 1. The van der Waals surface area contributed by atoms with E-state index in [9.17, 15) is 8.42 Å². The van der Waals surface area contributed by atoms with Gasteiger partial charge in [0.25, 0.3) is 0 Å². The second-order valence-corrected chi connectivity index (χ2v) is 8.62. The van der Waals surface area contributed by atoms with Crippen molar-refractivity contribution in [1.82, 2.24) is 9.47 Å². The summed E-state index contributed by atoms with van der Waals surface area (Å²) in [6, 6.07) is 16.4. The number of likely N-dealkylation sites (N-methyl/N-ethyl adjacent to an activating group) is 1. The molecular formula is C20H25N3O2S. The van der Waals surface area contributed by atoms with Crippen LogP contribution in [0.3, 0.4) is 0 Å². The van der Waals surface area contributed by atoms with Crippen molar-refractivity contribution in [3.05, 3.63) is 65.9 Å². The van der Waals surface area contributed by atoms with Crippen LogP contribution in [-0.4, -0.2) is 44.3 Å². The van der Waals surface area contributed by atoms with Crippen LogP contribution >= 0.6 is 0 Å². The van der Waals surface area contributed by atoms with Crippen molar-refractivity contribution in [1.29, 1.82) is 0 Å². The number of benzene rings is 2. The maximum atomic E-state index is 11.3. The van der Waals surface area contributed by atoms with Crippen molar-refractivity contribution in [2.45, 2.75) is 12.8 Å². The minimum absolute atomic E-state index is 0.0368. The summed E-state index contributed by atoms with van der Waals surface area (Å²) in [5.41, 5.74) is 4.49. The van der Waals surface area contributed by atoms with Crippen molar-refractivity contribution in [3.8, 4) is 5.69 Å². The molecule has 2 N–H and O–H groups in total. The largest absolute Gasteiger partial charge is 0.316 e. The summed E-state index contributed by atoms with van der Waals surface area (Å²) >= 11 is 0. The monoisotopic (exact) mass is 371 g/mol. The normalized spacial score (nSPS) is 12.2. The van der Waals surface area contributed by atoms with E-state index in [1.165, 1.54) is 10.9 Å². The lowest BCUT2D eigenvalue weighted by Gasteiger charge is -2.08. The molecule has 0 aliphatic heterocycles. The average molecular weight is 372 g/mol. The molecule has 2 aromatic carbocycles. The Morgan fingerprint density at radius 3 is 2.42 bits per heavy atom. The highest BCUT2D eigenvalue weighted by molar-refractivity contribution is 7.89. The Kier molecular flexibility index (Phi) is 5.46. The molecule has 0 saturated heterocycles. The number of aryl methyl sites for hydroxylation is 1. The zero-order valence-electron chi connectivity index (χ0n) is 15.2. The number of nitrogens with two attached hydrogens (primary N) is 1. The number of nitrogens with zero attached hydrogens (tertiary/aromatic N) is 2. The third kappa shape index (κ3) is 4.52. The molecular weight excluding hydrogens is 346 g/mol. The lowest BCUT2D eigenvalue weighted by atomic mass is 10.1. The highest BCUT2D eigenvalue weighted by atomic mass is 32.2. The Morgan fingerprint density at radius 1 is 1.04 bits per heavy atom. The van der Waals surface area contributed by atoms with Gasteiger partial charge < -0.3 is 9.47 Å². The molecule has 1 heterocycles. The van der Waals surface area contributed by atoms with E-state index in [0.717, 1.165) is 29.7 Å². The van der Waals surface area contributed by atoms with Crippen LogP contribution in [-0.2, 0) is 22.9 Å². The zero-order valence-corrected chi connectivity index (χ0v) is 16.0. The van der Waals surface area contributed by atoms with Gasteiger partial charge in [0, 0.05) is 23.8 Å². The Hall–Kier alpha value is -2.15. The first-order valence-corrected chi connectivity index (χ1v) is 10.4. The summed E-state index contributed by atoms with van der Waals surface area (Å²) < 4.78 is 24.7. The number of sulfonamides is 1. The summed E-state index contributed by atoms with van der Waals surface area (Å²) in [4.78, 5) is 2.16. The van der Waals surface area contributed by atoms with Crippen molar-refractivity contribution >= 4 is 20.9 Å². The number of fused-ring (bicyclic) bond motifs is 1. The van der Waals surface area contributed by atoms with E-state index in [4.69, 9.17) is 5.14 Å². The van der Waals surface area contributed by atoms with E-state index < -0.39 is 10.0 Å². The number of aromatic nitrogens is 1. The Balaban J connectivity index is 2.04. The van der Waals surface area contributed by atoms with E-state index in [-0.39, 0.29) is 5.75 Å². The molecule has 0 saturated carbocycles. The van der Waals surface area contributed by atoms with Crippen molar-refractivity contribution in [3.63, 3.8) is 0 Å². The van der Waals surface area contributed by atoms with E-state index >= 15 is 0 Å². The van der Waals surface area contributed by atoms with Gasteiger partial charge in [-0.25, -0.2) is 13.6 Å². The summed E-state index contributed by atoms with van der Waals surface area (Å²) in [5, 5.41) is 6.32. The smallest absolute Gasteiger partial charge is 0.209 e. The van der Waals surface area contributed by atoms with Crippen molar-refractivity contribution in [2.75, 3.05) is 26.4 Å². The molecule has 138 valence electrons. The highest BCUT2D eigenvalue weighted by Crippen LogP contribution is 2.27. The van der Waals surface area contributed by atoms with Gasteiger partial charge >= 0.3 is 0 Å². The van der Waals surface area contributed by atoms with Crippen LogP contribution in [0.1, 0.15) is 11.1 Å². The van der Waals surface area contributed by atoms with Gasteiger partial charge in [-0.3, -0.25) is 0 Å². The van der Waals surface area contributed by atoms with Crippen LogP contribution in [0.2, 0.25) is 0 Å². The third-order valence-electron chi connectivity index (χ3n) is 4.49. The molecule has 5 nitrogen and oxygen atoms in total. The molecule has 0 unspecified atom stereocenters. The van der Waals surface area contributed by atoms with Gasteiger partial charge in [-0.15, -0.1) is 0 Å². The first kappa shape index (κ1) is 18.6. The summed E-state index contributed by atoms with van der Waals surface area (Å²) in [5.74, 6) is -0.0368. The molecule has 0 spiro atoms. The topological polar surface area (TPSA) is 68.3 Å². The average Bonchev–Trinajstić information content (AvgIpc) is 2.96. The predicted molar refractivity (Wildman–Crippen MR) is 107 cm³/mol. The Morgan fingerprint density at radius 2 is 1.77 bits per heavy atom. The van der Waals surface area contributed by atoms with Gasteiger partial charge in [-0.2, -0.15) is 0 Å². The molecule has 0 fully saturated rings. The number of hydrogen-bond acceptors (Lipinski definition) is 3. The first-order chi connectivity index (χ1) is 12.3. The van der Waals surface area contributed by atoms with Gasteiger partial charge in [-0.05, 0) is 62.3 Å². The maximum Gasteiger partial charge on any atom is 0.209 e. The van der Waals surface area contributed by atoms with Gasteiger partial charge in [0.05, 0.1) is 11.3 Å². The standard InChI is InChI=1S/C20H25N3O2S/c1-22(2)12-10-17-15-23(18-6-4-3-5-7-18)20-9-8-16(14-19(17)20)11-13-26(21,24)25/h3-9,14-15H,10-13H2,1-2H3,(H2,21,24,25). The molecule has 3 aromatic rings. The summed E-state index contributed by atoms with van der Waals surface area (Å²) in [6.07, 6.45) is 3.55. The fourth-order valence-corrected chi connectivity index (χ4v) is 3.63. The molecule has 3 rings (SSSR count). The van der Waals surface area contributed by atoms with Crippen LogP contribution in [0.4, 0.5) is 0 Å². The van der Waals surface area contributed by atoms with E-state index in [0.29, 0.717) is 6.42 Å². The van der Waals surface area contributed by atoms with Gasteiger partial charge in [0.15, 0.2) is 0 Å². The van der Waals surface area contributed by atoms with E-state index in [2.05, 4.69) is 54.0 Å². The molecule has 0 aliphatic carbocycles. The van der Waals surface area contributed by atoms with Gasteiger partial charge in [-0.1, -0.05) is 24.3 Å². The molecule has 0 amide bonds. The van der Waals surface area contributed by atoms with Crippen LogP contribution in [0.15, 0.2) is 54.7 Å². The molecule has 0 aliphatic rings. The third-order valence-corrected chi connectivity index (χ3v) is 5.26. The molecule has 0 radical (unpaired) electrons. The fraction of sp³-hybridized carbons (Fsp3) is 0.300. The Labute approximate surface area is 155 Å². The predicted octanol–water partition coefficient (Wildman–Crippen LogP) is 2.57. The van der Waals surface area contributed by atoms with Gasteiger partial charge in [0.1, 0.15) is 0 Å². The molecule has 6 heteroatoms. The lowest BCUT2D eigenvalue weighted by molar-refractivity contribution is 0.414. The van der Waals surface area contributed by atoms with E-state index in [1.807, 2.05) is 24.3 Å². The minimum Gasteiger partial charge on any atom is -0.316 e. The number of rotatable bonds is 7. The van der Waals surface area contributed by atoms with Gasteiger partial charge in [0.2, 0.25) is 10.0 Å². The molecule has 1 aromatic heterocycles. The van der Waals surface area contributed by atoms with Crippen LogP contribution < -0.4 is 5.14 Å². The highest BCUT2D eigenvalue weighted by Gasteiger charge is 2.12. The van der Waals surface area contributed by atoms with Crippen LogP contribution in [0, 0.1) is 0 Å².